The van der Waals surface area contributed by atoms with Crippen molar-refractivity contribution in [2.75, 3.05) is 0 Å². The van der Waals surface area contributed by atoms with E-state index in [0.29, 0.717) is 5.92 Å². The minimum atomic E-state index is 0.624. The van der Waals surface area contributed by atoms with Crippen LogP contribution < -0.4 is 0 Å². The molecule has 12 heavy (non-hydrogen) atoms. The number of hydrogen-bond donors (Lipinski definition) is 1. The summed E-state index contributed by atoms with van der Waals surface area (Å²) in [5.74, 6) is 0.624. The Morgan fingerprint density at radius 1 is 1.67 bits per heavy atom. The van der Waals surface area contributed by atoms with Crippen LogP contribution in [0.25, 0.3) is 0 Å². The number of aldehydes is 1. The highest BCUT2D eigenvalue weighted by Crippen LogP contribution is 2.30. The van der Waals surface area contributed by atoms with Gasteiger partial charge in [0.15, 0.2) is 6.29 Å². The molecule has 1 unspecified atom stereocenters. The van der Waals surface area contributed by atoms with Gasteiger partial charge in [0, 0.05) is 5.69 Å². The maximum absolute atomic E-state index is 10.5. The normalized spacial score (nSPS) is 21.9. The summed E-state index contributed by atoms with van der Waals surface area (Å²) in [6.07, 6.45) is 4.49. The van der Waals surface area contributed by atoms with Gasteiger partial charge in [0.2, 0.25) is 0 Å². The lowest BCUT2D eigenvalue weighted by molar-refractivity contribution is 0.111. The van der Waals surface area contributed by atoms with Gasteiger partial charge in [-0.1, -0.05) is 6.92 Å². The van der Waals surface area contributed by atoms with Crippen LogP contribution in [0.2, 0.25) is 0 Å². The van der Waals surface area contributed by atoms with Crippen molar-refractivity contribution < 1.29 is 4.79 Å². The number of carbonyl (C=O) groups is 1. The Morgan fingerprint density at radius 3 is 3.17 bits per heavy atom. The van der Waals surface area contributed by atoms with E-state index in [0.717, 1.165) is 18.4 Å². The third kappa shape index (κ3) is 1.07. The van der Waals surface area contributed by atoms with E-state index in [1.54, 1.807) is 0 Å². The molecule has 1 aliphatic rings. The molecule has 0 aromatic carbocycles. The van der Waals surface area contributed by atoms with Crippen molar-refractivity contribution in [3.8, 4) is 0 Å². The maximum Gasteiger partial charge on any atom is 0.166 e. The zero-order valence-corrected chi connectivity index (χ0v) is 7.26. The van der Waals surface area contributed by atoms with E-state index in [4.69, 9.17) is 0 Å². The van der Waals surface area contributed by atoms with Gasteiger partial charge in [0.25, 0.3) is 0 Å². The van der Waals surface area contributed by atoms with E-state index < -0.39 is 0 Å². The van der Waals surface area contributed by atoms with Crippen LogP contribution in [-0.2, 0) is 6.42 Å². The quantitative estimate of drug-likeness (QED) is 0.633. The molecule has 1 aromatic rings. The molecule has 1 N–H and O–H groups in total. The Morgan fingerprint density at radius 2 is 2.50 bits per heavy atom. The molecule has 0 radical (unpaired) electrons. The van der Waals surface area contributed by atoms with Crippen LogP contribution in [-0.4, -0.2) is 11.3 Å². The number of carbonyl (C=O) groups excluding carboxylic acids is 1. The van der Waals surface area contributed by atoms with Gasteiger partial charge in [-0.25, -0.2) is 0 Å². The molecule has 64 valence electrons. The van der Waals surface area contributed by atoms with Gasteiger partial charge in [0.1, 0.15) is 0 Å². The SMILES string of the molecule is CC1CCCc2[nH]c(C=O)cc21. The van der Waals surface area contributed by atoms with E-state index in [9.17, 15) is 4.79 Å². The molecule has 2 rings (SSSR count). The standard InChI is InChI=1S/C10H13NO/c1-7-3-2-4-10-9(7)5-8(6-12)11-10/h5-7,11H,2-4H2,1H3. The smallest absolute Gasteiger partial charge is 0.166 e. The van der Waals surface area contributed by atoms with Crippen molar-refractivity contribution in [3.63, 3.8) is 0 Å². The predicted octanol–water partition coefficient (Wildman–Crippen LogP) is 2.27. The molecule has 0 fully saturated rings. The molecule has 0 bridgehead atoms. The van der Waals surface area contributed by atoms with E-state index in [-0.39, 0.29) is 0 Å². The third-order valence-electron chi connectivity index (χ3n) is 2.68. The summed E-state index contributed by atoms with van der Waals surface area (Å²) in [5, 5.41) is 0. The average molecular weight is 163 g/mol. The van der Waals surface area contributed by atoms with Gasteiger partial charge in [0.05, 0.1) is 5.69 Å². The van der Waals surface area contributed by atoms with Gasteiger partial charge in [-0.3, -0.25) is 4.79 Å². The number of hydrogen-bond acceptors (Lipinski definition) is 1. The molecule has 1 heterocycles. The molecular formula is C10H13NO. The number of nitrogens with one attached hydrogen (secondary N) is 1. The van der Waals surface area contributed by atoms with E-state index in [2.05, 4.69) is 11.9 Å². The van der Waals surface area contributed by atoms with Crippen LogP contribution in [0.5, 0.6) is 0 Å². The van der Waals surface area contributed by atoms with Crippen molar-refractivity contribution in [1.29, 1.82) is 0 Å². The van der Waals surface area contributed by atoms with Gasteiger partial charge < -0.3 is 4.98 Å². The van der Waals surface area contributed by atoms with Crippen LogP contribution in [0.15, 0.2) is 6.07 Å². The number of H-pyrrole nitrogens is 1. The van der Waals surface area contributed by atoms with Crippen LogP contribution in [0, 0.1) is 0 Å². The highest BCUT2D eigenvalue weighted by molar-refractivity contribution is 5.73. The average Bonchev–Trinajstić information content (AvgIpc) is 2.49. The first-order valence-corrected chi connectivity index (χ1v) is 4.48. The zero-order chi connectivity index (χ0) is 8.55. The first-order chi connectivity index (χ1) is 5.81. The van der Waals surface area contributed by atoms with Crippen LogP contribution in [0.1, 0.15) is 47.4 Å². The molecule has 1 aromatic heterocycles. The summed E-state index contributed by atoms with van der Waals surface area (Å²) >= 11 is 0. The Labute approximate surface area is 72.0 Å². The van der Waals surface area contributed by atoms with Crippen LogP contribution in [0.4, 0.5) is 0 Å². The molecule has 0 saturated heterocycles. The molecule has 0 amide bonds. The zero-order valence-electron chi connectivity index (χ0n) is 7.26. The summed E-state index contributed by atoms with van der Waals surface area (Å²) < 4.78 is 0. The van der Waals surface area contributed by atoms with Gasteiger partial charge >= 0.3 is 0 Å². The number of aromatic amines is 1. The molecule has 2 heteroatoms. The lowest BCUT2D eigenvalue weighted by atomic mass is 9.88. The van der Waals surface area contributed by atoms with Crippen molar-refractivity contribution in [1.82, 2.24) is 4.98 Å². The minimum absolute atomic E-state index is 0.624. The molecule has 0 aliphatic heterocycles. The third-order valence-corrected chi connectivity index (χ3v) is 2.68. The predicted molar refractivity (Wildman–Crippen MR) is 47.5 cm³/mol. The second-order valence-electron chi connectivity index (χ2n) is 3.57. The Kier molecular flexibility index (Phi) is 1.75. The number of fused-ring (bicyclic) bond motifs is 1. The van der Waals surface area contributed by atoms with Crippen molar-refractivity contribution in [3.05, 3.63) is 23.0 Å². The lowest BCUT2D eigenvalue weighted by Gasteiger charge is -2.17. The maximum atomic E-state index is 10.5. The fourth-order valence-corrected chi connectivity index (χ4v) is 1.99. The number of aromatic nitrogens is 1. The summed E-state index contributed by atoms with van der Waals surface area (Å²) in [7, 11) is 0. The first-order valence-electron chi connectivity index (χ1n) is 4.48. The number of rotatable bonds is 1. The molecule has 2 nitrogen and oxygen atoms in total. The highest BCUT2D eigenvalue weighted by atomic mass is 16.1. The lowest BCUT2D eigenvalue weighted by Crippen LogP contribution is -2.04. The molecule has 0 saturated carbocycles. The summed E-state index contributed by atoms with van der Waals surface area (Å²) in [6, 6.07) is 1.99. The monoisotopic (exact) mass is 163 g/mol. The van der Waals surface area contributed by atoms with Crippen molar-refractivity contribution in [2.24, 2.45) is 0 Å². The van der Waals surface area contributed by atoms with Gasteiger partial charge in [-0.2, -0.15) is 0 Å². The Bertz CT molecular complexity index is 301. The van der Waals surface area contributed by atoms with E-state index >= 15 is 0 Å². The summed E-state index contributed by atoms with van der Waals surface area (Å²) in [4.78, 5) is 13.6. The van der Waals surface area contributed by atoms with Crippen molar-refractivity contribution in [2.45, 2.75) is 32.1 Å². The fraction of sp³-hybridized carbons (Fsp3) is 0.500. The van der Waals surface area contributed by atoms with E-state index in [1.165, 1.54) is 24.1 Å². The van der Waals surface area contributed by atoms with Crippen LogP contribution >= 0.6 is 0 Å². The van der Waals surface area contributed by atoms with E-state index in [1.807, 2.05) is 6.07 Å². The Balaban J connectivity index is 2.43. The second-order valence-corrected chi connectivity index (χ2v) is 3.57. The second kappa shape index (κ2) is 2.77. The van der Waals surface area contributed by atoms with Gasteiger partial charge in [-0.15, -0.1) is 0 Å². The largest absolute Gasteiger partial charge is 0.356 e. The summed E-state index contributed by atoms with van der Waals surface area (Å²) in [5.41, 5.74) is 3.35. The van der Waals surface area contributed by atoms with Crippen LogP contribution in [0.3, 0.4) is 0 Å². The first kappa shape index (κ1) is 7.59. The minimum Gasteiger partial charge on any atom is -0.356 e. The molecule has 1 aliphatic carbocycles. The fourth-order valence-electron chi connectivity index (χ4n) is 1.99. The van der Waals surface area contributed by atoms with Crippen molar-refractivity contribution >= 4 is 6.29 Å². The van der Waals surface area contributed by atoms with Gasteiger partial charge in [-0.05, 0) is 36.8 Å². The highest BCUT2D eigenvalue weighted by Gasteiger charge is 2.18. The topological polar surface area (TPSA) is 32.9 Å². The molecule has 0 spiro atoms. The summed E-state index contributed by atoms with van der Waals surface area (Å²) in [6.45, 7) is 2.22. The Hall–Kier alpha value is -1.05. The number of aryl methyl sites for hydroxylation is 1. The molecular weight excluding hydrogens is 150 g/mol. The molecule has 1 atom stereocenters.